The highest BCUT2D eigenvalue weighted by Gasteiger charge is 2.49. The van der Waals surface area contributed by atoms with E-state index in [0.717, 1.165) is 11.4 Å². The Morgan fingerprint density at radius 2 is 1.77 bits per heavy atom. The quantitative estimate of drug-likeness (QED) is 0.674. The van der Waals surface area contributed by atoms with E-state index in [2.05, 4.69) is 15.6 Å². The number of rotatable bonds is 6. The first-order valence-electron chi connectivity index (χ1n) is 9.95. The van der Waals surface area contributed by atoms with Crippen LogP contribution in [0.1, 0.15) is 22.1 Å². The van der Waals surface area contributed by atoms with Crippen molar-refractivity contribution in [1.82, 2.24) is 20.3 Å². The Balaban J connectivity index is 1.20. The summed E-state index contributed by atoms with van der Waals surface area (Å²) < 4.78 is 19.4. The molecule has 1 amide bonds. The van der Waals surface area contributed by atoms with Crippen molar-refractivity contribution in [2.75, 3.05) is 13.2 Å². The summed E-state index contributed by atoms with van der Waals surface area (Å²) in [6, 6.07) is 18.4. The number of para-hydroxylation sites is 1. The van der Waals surface area contributed by atoms with Gasteiger partial charge in [-0.3, -0.25) is 4.79 Å². The van der Waals surface area contributed by atoms with Crippen molar-refractivity contribution in [3.05, 3.63) is 78.1 Å². The second-order valence-electron chi connectivity index (χ2n) is 7.40. The standard InChI is InChI=1S/C22H22N4O4/c27-22(15-7-3-1-4-8-15)23-18-13-29-21-19(14-30-20(18)21)26-11-16(24-25-26)12-28-17-9-5-2-6-10-17/h1-11,18-21H,12-14H2,(H,23,27)/t18-,19-,20+,21+/m0/s1. The molecule has 1 N–H and O–H groups in total. The second-order valence-corrected chi connectivity index (χ2v) is 7.40. The predicted octanol–water partition coefficient (Wildman–Crippen LogP) is 1.99. The maximum Gasteiger partial charge on any atom is 0.251 e. The third kappa shape index (κ3) is 3.79. The maximum absolute atomic E-state index is 12.5. The maximum atomic E-state index is 12.5. The Kier molecular flexibility index (Phi) is 5.17. The molecular weight excluding hydrogens is 384 g/mol. The summed E-state index contributed by atoms with van der Waals surface area (Å²) in [5, 5.41) is 11.5. The number of fused-ring (bicyclic) bond motifs is 1. The van der Waals surface area contributed by atoms with Crippen LogP contribution < -0.4 is 10.1 Å². The fraction of sp³-hybridized carbons (Fsp3) is 0.318. The number of hydrogen-bond acceptors (Lipinski definition) is 6. The Bertz CT molecular complexity index is 995. The van der Waals surface area contributed by atoms with Crippen molar-refractivity contribution in [1.29, 1.82) is 0 Å². The zero-order chi connectivity index (χ0) is 20.3. The van der Waals surface area contributed by atoms with Crippen molar-refractivity contribution in [2.45, 2.75) is 30.9 Å². The van der Waals surface area contributed by atoms with Gasteiger partial charge in [0.2, 0.25) is 0 Å². The number of nitrogens with zero attached hydrogens (tertiary/aromatic N) is 3. The van der Waals surface area contributed by atoms with Crippen LogP contribution in [-0.2, 0) is 16.1 Å². The Labute approximate surface area is 173 Å². The van der Waals surface area contributed by atoms with E-state index in [1.807, 2.05) is 54.7 Å². The van der Waals surface area contributed by atoms with Crippen LogP contribution >= 0.6 is 0 Å². The van der Waals surface area contributed by atoms with E-state index in [1.54, 1.807) is 16.8 Å². The molecule has 5 rings (SSSR count). The monoisotopic (exact) mass is 406 g/mol. The van der Waals surface area contributed by atoms with Gasteiger partial charge in [0, 0.05) is 5.56 Å². The van der Waals surface area contributed by atoms with Gasteiger partial charge in [-0.05, 0) is 24.3 Å². The fourth-order valence-electron chi connectivity index (χ4n) is 3.89. The van der Waals surface area contributed by atoms with Gasteiger partial charge in [-0.25, -0.2) is 4.68 Å². The van der Waals surface area contributed by atoms with Crippen LogP contribution in [0.4, 0.5) is 0 Å². The fourth-order valence-corrected chi connectivity index (χ4v) is 3.89. The molecule has 3 heterocycles. The van der Waals surface area contributed by atoms with E-state index in [4.69, 9.17) is 14.2 Å². The average Bonchev–Trinajstić information content (AvgIpc) is 3.51. The van der Waals surface area contributed by atoms with Crippen molar-refractivity contribution in [3.8, 4) is 5.75 Å². The minimum Gasteiger partial charge on any atom is -0.487 e. The molecule has 154 valence electrons. The zero-order valence-electron chi connectivity index (χ0n) is 16.3. The summed E-state index contributed by atoms with van der Waals surface area (Å²) in [5.41, 5.74) is 1.35. The van der Waals surface area contributed by atoms with E-state index in [-0.39, 0.29) is 30.2 Å². The van der Waals surface area contributed by atoms with E-state index in [9.17, 15) is 4.79 Å². The van der Waals surface area contributed by atoms with Gasteiger partial charge in [-0.1, -0.05) is 41.6 Å². The molecule has 2 fully saturated rings. The lowest BCUT2D eigenvalue weighted by molar-refractivity contribution is 0.0613. The lowest BCUT2D eigenvalue weighted by atomic mass is 10.1. The Hall–Kier alpha value is -3.23. The van der Waals surface area contributed by atoms with E-state index in [0.29, 0.717) is 25.4 Å². The molecule has 4 atom stereocenters. The number of nitrogens with one attached hydrogen (secondary N) is 1. The molecule has 1 aromatic heterocycles. The molecule has 0 unspecified atom stereocenters. The number of amides is 1. The van der Waals surface area contributed by atoms with Crippen molar-refractivity contribution >= 4 is 5.91 Å². The first-order valence-corrected chi connectivity index (χ1v) is 9.95. The van der Waals surface area contributed by atoms with Crippen molar-refractivity contribution < 1.29 is 19.0 Å². The van der Waals surface area contributed by atoms with Gasteiger partial charge in [-0.2, -0.15) is 0 Å². The molecule has 0 radical (unpaired) electrons. The third-order valence-corrected chi connectivity index (χ3v) is 5.41. The third-order valence-electron chi connectivity index (χ3n) is 5.41. The van der Waals surface area contributed by atoms with Gasteiger partial charge in [0.25, 0.3) is 5.91 Å². The highest BCUT2D eigenvalue weighted by atomic mass is 16.6. The first-order chi connectivity index (χ1) is 14.8. The van der Waals surface area contributed by atoms with Crippen LogP contribution in [0.2, 0.25) is 0 Å². The second kappa shape index (κ2) is 8.25. The van der Waals surface area contributed by atoms with E-state index >= 15 is 0 Å². The molecule has 2 aliphatic heterocycles. The van der Waals surface area contributed by atoms with Crippen LogP contribution in [-0.4, -0.2) is 52.4 Å². The predicted molar refractivity (Wildman–Crippen MR) is 107 cm³/mol. The smallest absolute Gasteiger partial charge is 0.251 e. The highest BCUT2D eigenvalue weighted by molar-refractivity contribution is 5.94. The number of carbonyl (C=O) groups excluding carboxylic acids is 1. The highest BCUT2D eigenvalue weighted by Crippen LogP contribution is 2.34. The number of benzene rings is 2. The molecule has 2 saturated heterocycles. The molecule has 8 heteroatoms. The molecule has 0 aliphatic carbocycles. The number of carbonyl (C=O) groups is 1. The van der Waals surface area contributed by atoms with Crippen LogP contribution in [0.25, 0.3) is 0 Å². The lowest BCUT2D eigenvalue weighted by Crippen LogP contribution is -2.44. The van der Waals surface area contributed by atoms with Gasteiger partial charge in [0.1, 0.15) is 36.3 Å². The van der Waals surface area contributed by atoms with Gasteiger partial charge in [-0.15, -0.1) is 5.10 Å². The molecule has 3 aromatic rings. The summed E-state index contributed by atoms with van der Waals surface area (Å²) in [5.74, 6) is 0.658. The molecular formula is C22H22N4O4. The van der Waals surface area contributed by atoms with Crippen LogP contribution in [0, 0.1) is 0 Å². The SMILES string of the molecule is O=C(N[C@H]1CO[C@H]2[C@@H]1OC[C@@H]2n1cc(COc2ccccc2)nn1)c1ccccc1. The minimum absolute atomic E-state index is 0.0911. The van der Waals surface area contributed by atoms with E-state index < -0.39 is 0 Å². The van der Waals surface area contributed by atoms with Crippen molar-refractivity contribution in [2.24, 2.45) is 0 Å². The molecule has 2 aromatic carbocycles. The topological polar surface area (TPSA) is 87.5 Å². The number of aromatic nitrogens is 3. The van der Waals surface area contributed by atoms with Crippen molar-refractivity contribution in [3.63, 3.8) is 0 Å². The molecule has 0 saturated carbocycles. The zero-order valence-corrected chi connectivity index (χ0v) is 16.3. The van der Waals surface area contributed by atoms with Gasteiger partial charge < -0.3 is 19.5 Å². The average molecular weight is 406 g/mol. The van der Waals surface area contributed by atoms with Gasteiger partial charge in [0.15, 0.2) is 0 Å². The summed E-state index contributed by atoms with van der Waals surface area (Å²) in [6.07, 6.45) is 1.46. The van der Waals surface area contributed by atoms with Crippen LogP contribution in [0.3, 0.4) is 0 Å². The molecule has 0 bridgehead atoms. The van der Waals surface area contributed by atoms with Gasteiger partial charge in [0.05, 0.1) is 25.5 Å². The van der Waals surface area contributed by atoms with E-state index in [1.165, 1.54) is 0 Å². The molecule has 30 heavy (non-hydrogen) atoms. The molecule has 2 aliphatic rings. The van der Waals surface area contributed by atoms with Crippen LogP contribution in [0.5, 0.6) is 5.75 Å². The number of hydrogen-bond donors (Lipinski definition) is 1. The summed E-state index contributed by atoms with van der Waals surface area (Å²) >= 11 is 0. The Morgan fingerprint density at radius 3 is 2.57 bits per heavy atom. The molecule has 8 nitrogen and oxygen atoms in total. The first kappa shape index (κ1) is 18.8. The minimum atomic E-state index is -0.212. The summed E-state index contributed by atoms with van der Waals surface area (Å²) in [4.78, 5) is 12.5. The lowest BCUT2D eigenvalue weighted by Gasteiger charge is -2.17. The normalized spacial score (nSPS) is 25.1. The van der Waals surface area contributed by atoms with Crippen LogP contribution in [0.15, 0.2) is 66.9 Å². The molecule has 0 spiro atoms. The van der Waals surface area contributed by atoms with Gasteiger partial charge >= 0.3 is 0 Å². The number of ether oxygens (including phenoxy) is 3. The summed E-state index contributed by atoms with van der Waals surface area (Å²) in [7, 11) is 0. The Morgan fingerprint density at radius 1 is 1.03 bits per heavy atom. The largest absolute Gasteiger partial charge is 0.487 e. The summed E-state index contributed by atoms with van der Waals surface area (Å²) in [6.45, 7) is 1.20.